The Kier molecular flexibility index (Phi) is 2.31. The van der Waals surface area contributed by atoms with Gasteiger partial charge in [-0.25, -0.2) is 0 Å². The maximum absolute atomic E-state index is 10.6. The van der Waals surface area contributed by atoms with Gasteiger partial charge in [-0.2, -0.15) is 0 Å². The molecule has 0 aliphatic rings. The van der Waals surface area contributed by atoms with Crippen LogP contribution in [0.1, 0.15) is 11.4 Å². The van der Waals surface area contributed by atoms with Crippen LogP contribution in [-0.4, -0.2) is 14.5 Å². The average Bonchev–Trinajstić information content (AvgIpc) is 2.95. The second kappa shape index (κ2) is 3.78. The summed E-state index contributed by atoms with van der Waals surface area (Å²) < 4.78 is 2.65. The minimum absolute atomic E-state index is 0.363. The van der Waals surface area contributed by atoms with Gasteiger partial charge < -0.3 is 16.8 Å². The molecule has 7 N–H and O–H groups in total. The van der Waals surface area contributed by atoms with Crippen molar-refractivity contribution in [3.63, 3.8) is 0 Å². The highest BCUT2D eigenvalue weighted by atomic mass is 16.3. The van der Waals surface area contributed by atoms with Gasteiger partial charge in [-0.05, 0) is 24.3 Å². The summed E-state index contributed by atoms with van der Waals surface area (Å²) in [6.45, 7) is 0. The van der Waals surface area contributed by atoms with Crippen molar-refractivity contribution >= 4 is 10.9 Å². The van der Waals surface area contributed by atoms with Crippen molar-refractivity contribution in [2.24, 2.45) is 5.73 Å². The van der Waals surface area contributed by atoms with Gasteiger partial charge in [0.1, 0.15) is 0 Å². The van der Waals surface area contributed by atoms with E-state index in [2.05, 4.69) is 0 Å². The third-order valence-electron chi connectivity index (χ3n) is 3.31. The third-order valence-corrected chi connectivity index (χ3v) is 3.31. The number of fused-ring (bicyclic) bond motifs is 1. The molecule has 2 heterocycles. The quantitative estimate of drug-likeness (QED) is 0.383. The van der Waals surface area contributed by atoms with Crippen molar-refractivity contribution in [1.29, 1.82) is 0 Å². The fraction of sp³-hybridized carbons (Fsp3) is 0.0769. The summed E-state index contributed by atoms with van der Waals surface area (Å²) in [7, 11) is 0. The normalized spacial score (nSPS) is 14.6. The van der Waals surface area contributed by atoms with Gasteiger partial charge in [-0.3, -0.25) is 15.1 Å². The number of hydrogen-bond donors (Lipinski definition) is 4. The number of benzene rings is 1. The highest BCUT2D eigenvalue weighted by molar-refractivity contribution is 5.81. The van der Waals surface area contributed by atoms with Gasteiger partial charge in [-0.15, -0.1) is 0 Å². The summed E-state index contributed by atoms with van der Waals surface area (Å²) in [4.78, 5) is 0. The molecule has 0 saturated heterocycles. The predicted octanol–water partition coefficient (Wildman–Crippen LogP) is 0.0225. The average molecular weight is 257 g/mol. The van der Waals surface area contributed by atoms with Crippen LogP contribution in [0, 0.1) is 0 Å². The van der Waals surface area contributed by atoms with E-state index < -0.39 is 5.72 Å². The zero-order valence-electron chi connectivity index (χ0n) is 10.2. The van der Waals surface area contributed by atoms with Gasteiger partial charge in [0.25, 0.3) is 0 Å². The molecule has 3 aromatic rings. The van der Waals surface area contributed by atoms with Crippen LogP contribution in [0.3, 0.4) is 0 Å². The van der Waals surface area contributed by atoms with Crippen molar-refractivity contribution in [2.75, 3.05) is 11.7 Å². The monoisotopic (exact) mass is 257 g/mol. The zero-order chi connectivity index (χ0) is 13.6. The Hall–Kier alpha value is -2.44. The Morgan fingerprint density at radius 2 is 1.74 bits per heavy atom. The number of nitrogens with zero attached hydrogens (tertiary/aromatic N) is 2. The molecule has 1 aromatic carbocycles. The molecule has 0 aliphatic carbocycles. The van der Waals surface area contributed by atoms with E-state index in [0.29, 0.717) is 11.4 Å². The molecule has 2 aromatic heterocycles. The van der Waals surface area contributed by atoms with Gasteiger partial charge in [-0.1, -0.05) is 18.2 Å². The summed E-state index contributed by atoms with van der Waals surface area (Å²) in [5.74, 6) is 11.7. The first-order chi connectivity index (χ1) is 9.01. The van der Waals surface area contributed by atoms with E-state index in [4.69, 9.17) is 17.4 Å². The number of aromatic nitrogens is 2. The van der Waals surface area contributed by atoms with Crippen LogP contribution in [0.2, 0.25) is 0 Å². The molecule has 0 bridgehead atoms. The molecule has 1 atom stereocenters. The van der Waals surface area contributed by atoms with Crippen LogP contribution in [0.4, 0.5) is 0 Å². The molecule has 98 valence electrons. The lowest BCUT2D eigenvalue weighted by Crippen LogP contribution is -2.43. The Bertz CT molecular complexity index is 740. The minimum Gasteiger partial charge on any atom is -0.365 e. The molecule has 0 amide bonds. The Labute approximate surface area is 109 Å². The van der Waals surface area contributed by atoms with E-state index in [1.165, 1.54) is 9.35 Å². The lowest BCUT2D eigenvalue weighted by atomic mass is 10.1. The summed E-state index contributed by atoms with van der Waals surface area (Å²) in [5.41, 5.74) is 5.79. The van der Waals surface area contributed by atoms with Crippen molar-refractivity contribution < 1.29 is 5.11 Å². The molecule has 0 spiro atoms. The standard InChI is InChI=1S/C13H15N5O/c14-13(19,11-6-3-7-17(11)15)12-8-9-4-1-2-5-10(9)18(12)16/h1-8,19H,14-16H2. The molecule has 0 aliphatic heterocycles. The van der Waals surface area contributed by atoms with Crippen LogP contribution < -0.4 is 17.4 Å². The van der Waals surface area contributed by atoms with E-state index in [9.17, 15) is 5.11 Å². The number of aliphatic hydroxyl groups is 1. The van der Waals surface area contributed by atoms with Gasteiger partial charge in [0.2, 0.25) is 5.72 Å². The topological polar surface area (TPSA) is 108 Å². The maximum Gasteiger partial charge on any atom is 0.200 e. The maximum atomic E-state index is 10.6. The van der Waals surface area contributed by atoms with Crippen molar-refractivity contribution in [3.8, 4) is 0 Å². The molecule has 0 saturated carbocycles. The van der Waals surface area contributed by atoms with Crippen LogP contribution >= 0.6 is 0 Å². The molecule has 1 unspecified atom stereocenters. The highest BCUT2D eigenvalue weighted by Gasteiger charge is 2.33. The molecule has 6 heteroatoms. The number of rotatable bonds is 2. The minimum atomic E-state index is -1.76. The molecule has 3 rings (SSSR count). The lowest BCUT2D eigenvalue weighted by molar-refractivity contribution is 0.0746. The Morgan fingerprint density at radius 3 is 2.37 bits per heavy atom. The van der Waals surface area contributed by atoms with Crippen LogP contribution in [0.15, 0.2) is 48.7 Å². The van der Waals surface area contributed by atoms with E-state index in [0.717, 1.165) is 10.9 Å². The first-order valence-electron chi connectivity index (χ1n) is 5.82. The van der Waals surface area contributed by atoms with Crippen molar-refractivity contribution in [3.05, 3.63) is 60.0 Å². The second-order valence-electron chi connectivity index (χ2n) is 4.53. The largest absolute Gasteiger partial charge is 0.365 e. The molecular formula is C13H15N5O. The molecular weight excluding hydrogens is 242 g/mol. The predicted molar refractivity (Wildman–Crippen MR) is 73.9 cm³/mol. The fourth-order valence-corrected chi connectivity index (χ4v) is 2.32. The van der Waals surface area contributed by atoms with Gasteiger partial charge in [0.15, 0.2) is 0 Å². The van der Waals surface area contributed by atoms with Crippen LogP contribution in [0.5, 0.6) is 0 Å². The SMILES string of the molecule is Nn1cccc1C(N)(O)c1cc2ccccc2n1N. The highest BCUT2D eigenvalue weighted by Crippen LogP contribution is 2.28. The van der Waals surface area contributed by atoms with Gasteiger partial charge >= 0.3 is 0 Å². The Morgan fingerprint density at radius 1 is 1.00 bits per heavy atom. The van der Waals surface area contributed by atoms with E-state index in [-0.39, 0.29) is 0 Å². The zero-order valence-corrected chi connectivity index (χ0v) is 10.2. The lowest BCUT2D eigenvalue weighted by Gasteiger charge is -2.24. The van der Waals surface area contributed by atoms with Crippen molar-refractivity contribution in [2.45, 2.75) is 5.72 Å². The van der Waals surface area contributed by atoms with Crippen LogP contribution in [-0.2, 0) is 5.72 Å². The Balaban J connectivity index is 2.24. The molecule has 0 fully saturated rings. The summed E-state index contributed by atoms with van der Waals surface area (Å²) in [6.07, 6.45) is 1.61. The van der Waals surface area contributed by atoms with Gasteiger partial charge in [0.05, 0.1) is 16.9 Å². The number of hydrogen-bond acceptors (Lipinski definition) is 4. The van der Waals surface area contributed by atoms with Crippen molar-refractivity contribution in [1.82, 2.24) is 9.35 Å². The smallest absolute Gasteiger partial charge is 0.200 e. The first kappa shape index (κ1) is 11.6. The summed E-state index contributed by atoms with van der Waals surface area (Å²) in [5, 5.41) is 11.5. The number of nitrogens with two attached hydrogens (primary N) is 3. The first-order valence-corrected chi connectivity index (χ1v) is 5.82. The fourth-order valence-electron chi connectivity index (χ4n) is 2.32. The van der Waals surface area contributed by atoms with Crippen LogP contribution in [0.25, 0.3) is 10.9 Å². The van der Waals surface area contributed by atoms with E-state index >= 15 is 0 Å². The molecule has 6 nitrogen and oxygen atoms in total. The van der Waals surface area contributed by atoms with E-state index in [1.54, 1.807) is 24.4 Å². The number of para-hydroxylation sites is 1. The number of nitrogen functional groups attached to an aromatic ring is 2. The molecule has 0 radical (unpaired) electrons. The summed E-state index contributed by atoms with van der Waals surface area (Å²) >= 11 is 0. The third kappa shape index (κ3) is 1.58. The molecule has 19 heavy (non-hydrogen) atoms. The van der Waals surface area contributed by atoms with E-state index in [1.807, 2.05) is 24.3 Å². The van der Waals surface area contributed by atoms with Gasteiger partial charge in [0, 0.05) is 11.6 Å². The summed E-state index contributed by atoms with van der Waals surface area (Å²) in [6, 6.07) is 12.6. The second-order valence-corrected chi connectivity index (χ2v) is 4.53.